The fourth-order valence-corrected chi connectivity index (χ4v) is 3.54. The number of aliphatic carboxylic acids is 1. The lowest BCUT2D eigenvalue weighted by molar-refractivity contribution is -0.138. The molecule has 0 rings (SSSR count). The maximum atomic E-state index is 12.2. The molecule has 31 heavy (non-hydrogen) atoms. The maximum Gasteiger partial charge on any atom is 0.322 e. The number of carbonyl (C=O) groups is 3. The highest BCUT2D eigenvalue weighted by Crippen LogP contribution is 2.13. The zero-order valence-corrected chi connectivity index (χ0v) is 19.8. The van der Waals surface area contributed by atoms with Crippen LogP contribution in [0, 0.1) is 0 Å². The van der Waals surface area contributed by atoms with Gasteiger partial charge in [0.15, 0.2) is 0 Å². The molecule has 0 aliphatic rings. The smallest absolute Gasteiger partial charge is 0.322 e. The van der Waals surface area contributed by atoms with Crippen molar-refractivity contribution in [2.24, 2.45) is 0 Å². The largest absolute Gasteiger partial charge is 0.480 e. The van der Waals surface area contributed by atoms with Crippen molar-refractivity contribution in [2.45, 2.75) is 129 Å². The summed E-state index contributed by atoms with van der Waals surface area (Å²) in [5.41, 5.74) is 0. The zero-order valence-electron chi connectivity index (χ0n) is 19.8. The molecule has 2 amide bonds. The Morgan fingerprint density at radius 2 is 1.16 bits per heavy atom. The van der Waals surface area contributed by atoms with Crippen LogP contribution in [0.3, 0.4) is 0 Å². The first kappa shape index (κ1) is 29.4. The van der Waals surface area contributed by atoms with Gasteiger partial charge in [0.1, 0.15) is 18.7 Å². The molecule has 0 aromatic rings. The summed E-state index contributed by atoms with van der Waals surface area (Å²) in [6, 6.07) is -0.816. The molecule has 1 unspecified atom stereocenters. The third kappa shape index (κ3) is 17.7. The number of hydrogen-bond donors (Lipinski definition) is 4. The van der Waals surface area contributed by atoms with E-state index in [4.69, 9.17) is 5.11 Å². The number of hydrogen-bond acceptors (Lipinski definition) is 4. The van der Waals surface area contributed by atoms with Gasteiger partial charge in [-0.15, -0.1) is 0 Å². The molecule has 0 spiro atoms. The predicted octanol–water partition coefficient (Wildman–Crippen LogP) is 4.31. The third-order valence-electron chi connectivity index (χ3n) is 5.53. The van der Waals surface area contributed by atoms with E-state index < -0.39 is 36.5 Å². The van der Waals surface area contributed by atoms with Crippen LogP contribution >= 0.6 is 0 Å². The molecule has 0 aliphatic carbocycles. The summed E-state index contributed by atoms with van der Waals surface area (Å²) < 4.78 is 0. The van der Waals surface area contributed by atoms with E-state index in [1.165, 1.54) is 57.8 Å². The predicted molar refractivity (Wildman–Crippen MR) is 124 cm³/mol. The minimum Gasteiger partial charge on any atom is -0.480 e. The Hall–Kier alpha value is -1.63. The minimum atomic E-state index is -1.14. The standard InChI is InChI=1S/C24H46N2O5/c1-3-5-7-8-9-10-11-12-13-14-15-16-18-21(27)24(31)26-20(17-6-4-2)23(30)25-19-22(28)29/h20-21,27H,3-19H2,1-2H3,(H,25,30)(H,26,31)(H,28,29)/t20-,21?/m0/s1. The summed E-state index contributed by atoms with van der Waals surface area (Å²) in [7, 11) is 0. The van der Waals surface area contributed by atoms with Gasteiger partial charge in [-0.3, -0.25) is 14.4 Å². The molecule has 0 saturated heterocycles. The highest BCUT2D eigenvalue weighted by atomic mass is 16.4. The van der Waals surface area contributed by atoms with E-state index >= 15 is 0 Å². The van der Waals surface area contributed by atoms with Gasteiger partial charge < -0.3 is 20.8 Å². The Balaban J connectivity index is 3.94. The quantitative estimate of drug-likeness (QED) is 0.198. The van der Waals surface area contributed by atoms with Gasteiger partial charge in [0.2, 0.25) is 11.8 Å². The normalized spacial score (nSPS) is 12.9. The van der Waals surface area contributed by atoms with Gasteiger partial charge in [-0.25, -0.2) is 0 Å². The summed E-state index contributed by atoms with van der Waals surface area (Å²) in [6.07, 6.45) is 15.8. The van der Waals surface area contributed by atoms with E-state index in [9.17, 15) is 19.5 Å². The number of aliphatic hydroxyl groups excluding tert-OH is 1. The Bertz CT molecular complexity index is 485. The summed E-state index contributed by atoms with van der Waals surface area (Å²) in [5, 5.41) is 23.7. The number of nitrogens with one attached hydrogen (secondary N) is 2. The average molecular weight is 443 g/mol. The third-order valence-corrected chi connectivity index (χ3v) is 5.53. The summed E-state index contributed by atoms with van der Waals surface area (Å²) in [5.74, 6) is -2.22. The summed E-state index contributed by atoms with van der Waals surface area (Å²) >= 11 is 0. The van der Waals surface area contributed by atoms with Crippen molar-refractivity contribution in [1.29, 1.82) is 0 Å². The highest BCUT2D eigenvalue weighted by molar-refractivity contribution is 5.90. The summed E-state index contributed by atoms with van der Waals surface area (Å²) in [4.78, 5) is 35.0. The Labute approximate surface area is 188 Å². The molecule has 0 radical (unpaired) electrons. The first-order valence-electron chi connectivity index (χ1n) is 12.4. The Kier molecular flexibility index (Phi) is 19.2. The van der Waals surface area contributed by atoms with Gasteiger partial charge >= 0.3 is 5.97 Å². The second-order valence-electron chi connectivity index (χ2n) is 8.51. The van der Waals surface area contributed by atoms with Gasteiger partial charge in [0.05, 0.1) is 0 Å². The molecule has 0 aliphatic heterocycles. The molecule has 2 atom stereocenters. The molecule has 4 N–H and O–H groups in total. The molecule has 0 aromatic carbocycles. The molecule has 0 bridgehead atoms. The number of amides is 2. The van der Waals surface area contributed by atoms with Crippen molar-refractivity contribution in [3.63, 3.8) is 0 Å². The zero-order chi connectivity index (χ0) is 23.3. The minimum absolute atomic E-state index is 0.376. The van der Waals surface area contributed by atoms with Crippen LogP contribution in [0.15, 0.2) is 0 Å². The molecule has 0 aromatic heterocycles. The van der Waals surface area contributed by atoms with E-state index in [0.717, 1.165) is 32.1 Å². The van der Waals surface area contributed by atoms with Gasteiger partial charge in [0.25, 0.3) is 0 Å². The van der Waals surface area contributed by atoms with Crippen LogP contribution in [0.5, 0.6) is 0 Å². The van der Waals surface area contributed by atoms with Crippen molar-refractivity contribution in [3.05, 3.63) is 0 Å². The van der Waals surface area contributed by atoms with Crippen LogP contribution in [0.2, 0.25) is 0 Å². The van der Waals surface area contributed by atoms with Crippen molar-refractivity contribution < 1.29 is 24.6 Å². The molecule has 182 valence electrons. The van der Waals surface area contributed by atoms with E-state index in [1.807, 2.05) is 6.92 Å². The number of unbranched alkanes of at least 4 members (excludes halogenated alkanes) is 12. The van der Waals surface area contributed by atoms with E-state index in [1.54, 1.807) is 0 Å². The first-order valence-corrected chi connectivity index (χ1v) is 12.4. The number of aliphatic hydroxyl groups is 1. The molecule has 7 nitrogen and oxygen atoms in total. The number of rotatable bonds is 21. The van der Waals surface area contributed by atoms with Crippen LogP contribution in [0.1, 0.15) is 117 Å². The molecular weight excluding hydrogens is 396 g/mol. The van der Waals surface area contributed by atoms with E-state index in [0.29, 0.717) is 12.8 Å². The van der Waals surface area contributed by atoms with Crippen molar-refractivity contribution in [2.75, 3.05) is 6.54 Å². The van der Waals surface area contributed by atoms with Crippen LogP contribution in [0.4, 0.5) is 0 Å². The van der Waals surface area contributed by atoms with Crippen LogP contribution in [-0.4, -0.2) is 46.7 Å². The molecule has 7 heteroatoms. The number of carbonyl (C=O) groups excluding carboxylic acids is 2. The first-order chi connectivity index (χ1) is 14.9. The van der Waals surface area contributed by atoms with Gasteiger partial charge in [-0.2, -0.15) is 0 Å². The topological polar surface area (TPSA) is 116 Å². The fraction of sp³-hybridized carbons (Fsp3) is 0.875. The van der Waals surface area contributed by atoms with E-state index in [2.05, 4.69) is 17.6 Å². The number of carboxylic acid groups (broad SMARTS) is 1. The van der Waals surface area contributed by atoms with Crippen LogP contribution in [-0.2, 0) is 14.4 Å². The molecule has 0 saturated carbocycles. The second kappa shape index (κ2) is 20.3. The van der Waals surface area contributed by atoms with Gasteiger partial charge in [0, 0.05) is 0 Å². The SMILES string of the molecule is CCCCCCCCCCCCCCC(O)C(=O)N[C@@H](CCCC)C(=O)NCC(=O)O. The molecule has 0 fully saturated rings. The average Bonchev–Trinajstić information content (AvgIpc) is 2.75. The second-order valence-corrected chi connectivity index (χ2v) is 8.51. The summed E-state index contributed by atoms with van der Waals surface area (Å²) in [6.45, 7) is 3.72. The van der Waals surface area contributed by atoms with Gasteiger partial charge in [-0.1, -0.05) is 104 Å². The lowest BCUT2D eigenvalue weighted by Crippen LogP contribution is -2.50. The lowest BCUT2D eigenvalue weighted by Gasteiger charge is -2.20. The van der Waals surface area contributed by atoms with Crippen LogP contribution in [0.25, 0.3) is 0 Å². The highest BCUT2D eigenvalue weighted by Gasteiger charge is 2.24. The van der Waals surface area contributed by atoms with Gasteiger partial charge in [-0.05, 0) is 12.8 Å². The molecular formula is C24H46N2O5. The monoisotopic (exact) mass is 442 g/mol. The fourth-order valence-electron chi connectivity index (χ4n) is 3.54. The Morgan fingerprint density at radius 3 is 1.65 bits per heavy atom. The van der Waals surface area contributed by atoms with Crippen molar-refractivity contribution in [3.8, 4) is 0 Å². The maximum absolute atomic E-state index is 12.2. The lowest BCUT2D eigenvalue weighted by atomic mass is 10.0. The van der Waals surface area contributed by atoms with Crippen molar-refractivity contribution in [1.82, 2.24) is 10.6 Å². The van der Waals surface area contributed by atoms with E-state index in [-0.39, 0.29) is 0 Å². The van der Waals surface area contributed by atoms with Crippen LogP contribution < -0.4 is 10.6 Å². The Morgan fingerprint density at radius 1 is 0.677 bits per heavy atom. The van der Waals surface area contributed by atoms with Crippen molar-refractivity contribution >= 4 is 17.8 Å². The number of carboxylic acids is 1. The molecule has 0 heterocycles.